The average molecular weight is 482 g/mol. The lowest BCUT2D eigenvalue weighted by Crippen LogP contribution is -2.37. The van der Waals surface area contributed by atoms with Gasteiger partial charge < -0.3 is 15.0 Å². The third-order valence-corrected chi connectivity index (χ3v) is 7.53. The number of aromatic nitrogens is 2. The molecular formula is C27H35N3O3S. The second-order valence-electron chi connectivity index (χ2n) is 10.5. The Hall–Kier alpha value is -2.54. The number of H-pyrrole nitrogens is 1. The van der Waals surface area contributed by atoms with Crippen LogP contribution >= 0.6 is 11.8 Å². The zero-order chi connectivity index (χ0) is 24.5. The molecule has 0 fully saturated rings. The lowest BCUT2D eigenvalue weighted by molar-refractivity contribution is -0.118. The van der Waals surface area contributed by atoms with E-state index in [9.17, 15) is 9.59 Å². The summed E-state index contributed by atoms with van der Waals surface area (Å²) in [4.78, 5) is 34.5. The molecule has 34 heavy (non-hydrogen) atoms. The molecule has 7 heteroatoms. The molecule has 182 valence electrons. The molecule has 1 atom stereocenters. The summed E-state index contributed by atoms with van der Waals surface area (Å²) >= 11 is 1.55. The van der Waals surface area contributed by atoms with Crippen LogP contribution in [0.1, 0.15) is 77.3 Å². The molecule has 1 aliphatic heterocycles. The van der Waals surface area contributed by atoms with E-state index in [1.807, 2.05) is 24.3 Å². The van der Waals surface area contributed by atoms with Crippen LogP contribution in [0.15, 0.2) is 45.5 Å². The van der Waals surface area contributed by atoms with Crippen molar-refractivity contribution < 1.29 is 9.53 Å². The number of Topliss-reactive ketones (excluding diaryl/α,β-unsaturated/α-hetero) is 1. The number of carbonyl (C=O) groups is 1. The lowest BCUT2D eigenvalue weighted by Gasteiger charge is -2.38. The Morgan fingerprint density at radius 3 is 2.59 bits per heavy atom. The summed E-state index contributed by atoms with van der Waals surface area (Å²) in [5.74, 6) is 2.35. The lowest BCUT2D eigenvalue weighted by atomic mass is 9.69. The zero-order valence-corrected chi connectivity index (χ0v) is 21.6. The fraction of sp³-hybridized carbons (Fsp3) is 0.519. The number of ketones is 1. The molecular weight excluding hydrogens is 446 g/mol. The van der Waals surface area contributed by atoms with Gasteiger partial charge in [-0.2, -0.15) is 0 Å². The molecule has 0 saturated carbocycles. The van der Waals surface area contributed by atoms with Crippen LogP contribution in [0.3, 0.4) is 0 Å². The van der Waals surface area contributed by atoms with Crippen LogP contribution in [-0.2, 0) is 4.79 Å². The third-order valence-electron chi connectivity index (χ3n) is 6.23. The second kappa shape index (κ2) is 9.98. The molecule has 0 bridgehead atoms. The minimum absolute atomic E-state index is 0.0929. The molecule has 1 aliphatic carbocycles. The molecule has 2 N–H and O–H groups in total. The van der Waals surface area contributed by atoms with Crippen molar-refractivity contribution in [2.45, 2.75) is 71.4 Å². The number of hydrogen-bond donors (Lipinski definition) is 2. The van der Waals surface area contributed by atoms with Crippen LogP contribution in [0.25, 0.3) is 0 Å². The number of benzene rings is 1. The van der Waals surface area contributed by atoms with Crippen molar-refractivity contribution in [2.75, 3.05) is 17.7 Å². The Kier molecular flexibility index (Phi) is 7.22. The Labute approximate surface area is 206 Å². The first-order valence-corrected chi connectivity index (χ1v) is 13.2. The van der Waals surface area contributed by atoms with E-state index in [4.69, 9.17) is 9.72 Å². The first-order chi connectivity index (χ1) is 16.2. The van der Waals surface area contributed by atoms with Gasteiger partial charge in [-0.15, -0.1) is 0 Å². The maximum atomic E-state index is 13.4. The summed E-state index contributed by atoms with van der Waals surface area (Å²) in [6.45, 7) is 11.3. The van der Waals surface area contributed by atoms with E-state index in [2.05, 4.69) is 44.9 Å². The number of thioether (sulfide) groups is 1. The number of unbranched alkanes of at least 4 members (excludes halogenated alkanes) is 1. The van der Waals surface area contributed by atoms with Crippen molar-refractivity contribution in [3.05, 3.63) is 57.0 Å². The molecule has 2 aromatic rings. The van der Waals surface area contributed by atoms with Gasteiger partial charge in [0.25, 0.3) is 5.56 Å². The number of fused-ring (bicyclic) bond motifs is 1. The molecule has 4 rings (SSSR count). The molecule has 0 spiro atoms. The highest BCUT2D eigenvalue weighted by Crippen LogP contribution is 2.47. The molecule has 2 heterocycles. The van der Waals surface area contributed by atoms with Gasteiger partial charge in [0, 0.05) is 29.4 Å². The zero-order valence-electron chi connectivity index (χ0n) is 20.8. The predicted octanol–water partition coefficient (Wildman–Crippen LogP) is 5.90. The topological polar surface area (TPSA) is 84.1 Å². The van der Waals surface area contributed by atoms with Crippen LogP contribution in [0.5, 0.6) is 5.75 Å². The highest BCUT2D eigenvalue weighted by atomic mass is 32.2. The summed E-state index contributed by atoms with van der Waals surface area (Å²) < 4.78 is 5.82. The number of anilines is 1. The van der Waals surface area contributed by atoms with Gasteiger partial charge in [-0.25, -0.2) is 4.98 Å². The SMILES string of the molecule is CCCCOc1ccc(C2C3=C(CC(C)(C)CC3=O)Nc3nc(SCC(C)C)[nH]c(=O)c32)cc1. The molecule has 0 saturated heterocycles. The third kappa shape index (κ3) is 5.24. The first kappa shape index (κ1) is 24.6. The van der Waals surface area contributed by atoms with Crippen LogP contribution in [0.2, 0.25) is 0 Å². The quantitative estimate of drug-likeness (QED) is 0.278. The van der Waals surface area contributed by atoms with Crippen LogP contribution in [-0.4, -0.2) is 28.1 Å². The van der Waals surface area contributed by atoms with Gasteiger partial charge in [-0.05, 0) is 41.9 Å². The van der Waals surface area contributed by atoms with Crippen LogP contribution in [0, 0.1) is 11.3 Å². The minimum atomic E-state index is -0.444. The summed E-state index contributed by atoms with van der Waals surface area (Å²) in [7, 11) is 0. The smallest absolute Gasteiger partial charge is 0.257 e. The van der Waals surface area contributed by atoms with E-state index in [1.165, 1.54) is 0 Å². The molecule has 1 aromatic carbocycles. The standard InChI is InChI=1S/C27H35N3O3S/c1-6-7-12-33-18-10-8-17(9-11-18)21-22-19(13-27(4,5)14-20(22)31)28-24-23(21)25(32)30-26(29-24)34-15-16(2)3/h8-11,16,21H,6-7,12-15H2,1-5H3,(H2,28,29,30,32). The predicted molar refractivity (Wildman–Crippen MR) is 138 cm³/mol. The highest BCUT2D eigenvalue weighted by molar-refractivity contribution is 7.99. The molecule has 0 radical (unpaired) electrons. The van der Waals surface area contributed by atoms with Gasteiger partial charge in [0.15, 0.2) is 10.9 Å². The maximum Gasteiger partial charge on any atom is 0.257 e. The van der Waals surface area contributed by atoms with Gasteiger partial charge in [0.2, 0.25) is 0 Å². The van der Waals surface area contributed by atoms with Gasteiger partial charge in [-0.3, -0.25) is 9.59 Å². The fourth-order valence-electron chi connectivity index (χ4n) is 4.63. The van der Waals surface area contributed by atoms with E-state index in [1.54, 1.807) is 11.8 Å². The van der Waals surface area contributed by atoms with Gasteiger partial charge >= 0.3 is 0 Å². The largest absolute Gasteiger partial charge is 0.494 e. The fourth-order valence-corrected chi connectivity index (χ4v) is 5.44. The van der Waals surface area contributed by atoms with Crippen LogP contribution < -0.4 is 15.6 Å². The number of allylic oxidation sites excluding steroid dienone is 2. The Balaban J connectivity index is 1.77. The second-order valence-corrected chi connectivity index (χ2v) is 11.5. The first-order valence-electron chi connectivity index (χ1n) is 12.2. The van der Waals surface area contributed by atoms with Gasteiger partial charge in [0.05, 0.1) is 12.2 Å². The number of ether oxygens (including phenoxy) is 1. The number of aromatic amines is 1. The normalized spacial score (nSPS) is 19.0. The van der Waals surface area contributed by atoms with E-state index in [0.717, 1.165) is 42.0 Å². The Morgan fingerprint density at radius 1 is 1.18 bits per heavy atom. The summed E-state index contributed by atoms with van der Waals surface area (Å²) in [5.41, 5.74) is 2.67. The van der Waals surface area contributed by atoms with Gasteiger partial charge in [0.1, 0.15) is 11.6 Å². The highest BCUT2D eigenvalue weighted by Gasteiger charge is 2.42. The van der Waals surface area contributed by atoms with Crippen molar-refractivity contribution in [1.82, 2.24) is 9.97 Å². The Morgan fingerprint density at radius 2 is 1.91 bits per heavy atom. The Bertz CT molecular complexity index is 1150. The maximum absolute atomic E-state index is 13.4. The van der Waals surface area contributed by atoms with E-state index >= 15 is 0 Å². The average Bonchev–Trinajstić information content (AvgIpc) is 2.76. The number of rotatable bonds is 8. The minimum Gasteiger partial charge on any atom is -0.494 e. The number of carbonyl (C=O) groups excluding carboxylic acids is 1. The van der Waals surface area contributed by atoms with E-state index in [0.29, 0.717) is 41.1 Å². The van der Waals surface area contributed by atoms with Crippen molar-refractivity contribution in [3.8, 4) is 5.75 Å². The number of nitrogens with zero attached hydrogens (tertiary/aromatic N) is 1. The molecule has 1 aromatic heterocycles. The monoisotopic (exact) mass is 481 g/mol. The molecule has 0 amide bonds. The number of nitrogens with one attached hydrogen (secondary N) is 2. The van der Waals surface area contributed by atoms with Crippen molar-refractivity contribution in [3.63, 3.8) is 0 Å². The van der Waals surface area contributed by atoms with Gasteiger partial charge in [-0.1, -0.05) is 64.9 Å². The molecule has 6 nitrogen and oxygen atoms in total. The summed E-state index contributed by atoms with van der Waals surface area (Å²) in [6.07, 6.45) is 3.28. The summed E-state index contributed by atoms with van der Waals surface area (Å²) in [6, 6.07) is 7.80. The van der Waals surface area contributed by atoms with E-state index < -0.39 is 5.92 Å². The number of hydrogen-bond acceptors (Lipinski definition) is 6. The van der Waals surface area contributed by atoms with Crippen molar-refractivity contribution in [2.24, 2.45) is 11.3 Å². The van der Waals surface area contributed by atoms with E-state index in [-0.39, 0.29) is 16.8 Å². The molecule has 2 aliphatic rings. The van der Waals surface area contributed by atoms with Crippen molar-refractivity contribution in [1.29, 1.82) is 0 Å². The van der Waals surface area contributed by atoms with Crippen LogP contribution in [0.4, 0.5) is 5.82 Å². The van der Waals surface area contributed by atoms with Crippen molar-refractivity contribution >= 4 is 23.4 Å². The summed E-state index contributed by atoms with van der Waals surface area (Å²) in [5, 5.41) is 3.99. The molecule has 1 unspecified atom stereocenters.